The lowest BCUT2D eigenvalue weighted by atomic mass is 10.2. The summed E-state index contributed by atoms with van der Waals surface area (Å²) >= 11 is 0. The molecule has 1 atom stereocenters. The molecule has 1 unspecified atom stereocenters. The highest BCUT2D eigenvalue weighted by atomic mass is 35.7. The number of halogens is 1. The van der Waals surface area contributed by atoms with Crippen molar-refractivity contribution in [3.05, 3.63) is 35.9 Å². The molecule has 1 aromatic rings. The number of rotatable bonds is 7. The maximum absolute atomic E-state index is 10.7. The van der Waals surface area contributed by atoms with Gasteiger partial charge in [0.1, 0.15) is 10.0 Å². The molecule has 0 aliphatic carbocycles. The third kappa shape index (κ3) is 5.64. The van der Waals surface area contributed by atoms with Crippen molar-refractivity contribution in [2.75, 3.05) is 18.8 Å². The summed E-state index contributed by atoms with van der Waals surface area (Å²) in [5.41, 5.74) is 1.32. The molecule has 0 heterocycles. The van der Waals surface area contributed by atoms with E-state index < -0.39 is 10.0 Å². The summed E-state index contributed by atoms with van der Waals surface area (Å²) in [6, 6.07) is 10.4. The van der Waals surface area contributed by atoms with Crippen LogP contribution in [0.25, 0.3) is 0 Å². The summed E-state index contributed by atoms with van der Waals surface area (Å²) in [5.74, 6) is 0.576. The Morgan fingerprint density at radius 2 is 2.00 bits per heavy atom. The van der Waals surface area contributed by atoms with Crippen molar-refractivity contribution in [2.45, 2.75) is 19.9 Å². The minimum atomic E-state index is -1.18. The molecule has 0 amide bonds. The maximum atomic E-state index is 10.7. The van der Waals surface area contributed by atoms with Gasteiger partial charge in [-0.25, -0.2) is 4.21 Å². The lowest BCUT2D eigenvalue weighted by molar-refractivity contribution is 0.281. The Morgan fingerprint density at radius 1 is 1.31 bits per heavy atom. The van der Waals surface area contributed by atoms with Gasteiger partial charge < -0.3 is 0 Å². The lowest BCUT2D eigenvalue weighted by Gasteiger charge is -2.19. The van der Waals surface area contributed by atoms with Crippen LogP contribution in [0.4, 0.5) is 0 Å². The molecule has 0 aliphatic rings. The molecule has 0 N–H and O–H groups in total. The fourth-order valence-corrected chi connectivity index (χ4v) is 2.28. The molecule has 0 aliphatic heterocycles. The van der Waals surface area contributed by atoms with Gasteiger partial charge in [0.15, 0.2) is 0 Å². The van der Waals surface area contributed by atoms with Crippen LogP contribution in [0, 0.1) is 0 Å². The zero-order chi connectivity index (χ0) is 11.8. The summed E-state index contributed by atoms with van der Waals surface area (Å²) in [6.45, 7) is 5.04. The van der Waals surface area contributed by atoms with E-state index >= 15 is 0 Å². The molecular formula is C12H18ClNOS. The van der Waals surface area contributed by atoms with E-state index in [1.54, 1.807) is 0 Å². The third-order valence-electron chi connectivity index (χ3n) is 2.48. The first-order valence-electron chi connectivity index (χ1n) is 5.53. The molecule has 90 valence electrons. The minimum absolute atomic E-state index is 0.576. The smallest absolute Gasteiger partial charge is 0.114 e. The highest BCUT2D eigenvalue weighted by molar-refractivity contribution is 8.08. The van der Waals surface area contributed by atoms with Gasteiger partial charge in [0.2, 0.25) is 0 Å². The van der Waals surface area contributed by atoms with Crippen molar-refractivity contribution in [3.8, 4) is 0 Å². The van der Waals surface area contributed by atoms with Crippen LogP contribution < -0.4 is 0 Å². The van der Waals surface area contributed by atoms with Crippen LogP contribution in [0.1, 0.15) is 18.9 Å². The molecule has 2 nitrogen and oxygen atoms in total. The lowest BCUT2D eigenvalue weighted by Crippen LogP contribution is -2.24. The second-order valence-corrected chi connectivity index (χ2v) is 5.72. The van der Waals surface area contributed by atoms with E-state index in [1.165, 1.54) is 5.56 Å². The summed E-state index contributed by atoms with van der Waals surface area (Å²) < 4.78 is 10.7. The fraction of sp³-hybridized carbons (Fsp3) is 0.500. The molecule has 0 bridgehead atoms. The number of nitrogens with zero attached hydrogens (tertiary/aromatic N) is 1. The monoisotopic (exact) mass is 259 g/mol. The molecule has 0 saturated carbocycles. The first kappa shape index (κ1) is 13.7. The largest absolute Gasteiger partial charge is 0.299 e. The molecule has 0 aromatic heterocycles. The quantitative estimate of drug-likeness (QED) is 0.702. The normalized spacial score (nSPS) is 12.9. The van der Waals surface area contributed by atoms with Crippen molar-refractivity contribution in [2.24, 2.45) is 0 Å². The van der Waals surface area contributed by atoms with Crippen molar-refractivity contribution >= 4 is 20.7 Å². The van der Waals surface area contributed by atoms with Gasteiger partial charge in [0.05, 0.1) is 0 Å². The Balaban J connectivity index is 2.34. The zero-order valence-corrected chi connectivity index (χ0v) is 11.1. The van der Waals surface area contributed by atoms with Gasteiger partial charge in [-0.3, -0.25) is 4.90 Å². The van der Waals surface area contributed by atoms with E-state index in [-0.39, 0.29) is 0 Å². The zero-order valence-electron chi connectivity index (χ0n) is 9.56. The molecule has 0 radical (unpaired) electrons. The average Bonchev–Trinajstić information content (AvgIpc) is 2.28. The topological polar surface area (TPSA) is 20.3 Å². The summed E-state index contributed by atoms with van der Waals surface area (Å²) in [5, 5.41) is 0. The van der Waals surface area contributed by atoms with Gasteiger partial charge in [-0.2, -0.15) is 0 Å². The SMILES string of the molecule is CCN(CCCS(=O)Cl)Cc1ccccc1. The van der Waals surface area contributed by atoms with Crippen LogP contribution in [0.15, 0.2) is 30.3 Å². The van der Waals surface area contributed by atoms with Gasteiger partial charge >= 0.3 is 0 Å². The Bertz CT molecular complexity index is 318. The van der Waals surface area contributed by atoms with Gasteiger partial charge in [-0.05, 0) is 35.8 Å². The predicted molar refractivity (Wildman–Crippen MR) is 70.9 cm³/mol. The molecule has 1 rings (SSSR count). The predicted octanol–water partition coefficient (Wildman–Crippen LogP) is 2.80. The highest BCUT2D eigenvalue weighted by Gasteiger charge is 2.04. The van der Waals surface area contributed by atoms with Crippen molar-refractivity contribution in [1.29, 1.82) is 0 Å². The van der Waals surface area contributed by atoms with Crippen LogP contribution in [0.2, 0.25) is 0 Å². The molecule has 4 heteroatoms. The third-order valence-corrected chi connectivity index (χ3v) is 3.55. The van der Waals surface area contributed by atoms with Crippen LogP contribution >= 0.6 is 10.7 Å². The van der Waals surface area contributed by atoms with Crippen LogP contribution in [-0.4, -0.2) is 28.0 Å². The first-order chi connectivity index (χ1) is 7.72. The molecule has 1 aromatic carbocycles. The van der Waals surface area contributed by atoms with E-state index in [4.69, 9.17) is 10.7 Å². The van der Waals surface area contributed by atoms with E-state index in [1.807, 2.05) is 6.07 Å². The van der Waals surface area contributed by atoms with Gasteiger partial charge in [0.25, 0.3) is 0 Å². The second-order valence-electron chi connectivity index (χ2n) is 3.70. The van der Waals surface area contributed by atoms with E-state index in [2.05, 4.69) is 36.1 Å². The molecular weight excluding hydrogens is 242 g/mol. The Morgan fingerprint density at radius 3 is 2.56 bits per heavy atom. The van der Waals surface area contributed by atoms with E-state index in [9.17, 15) is 4.21 Å². The van der Waals surface area contributed by atoms with Crippen LogP contribution in [0.5, 0.6) is 0 Å². The van der Waals surface area contributed by atoms with Gasteiger partial charge in [0, 0.05) is 12.3 Å². The Kier molecular flexibility index (Phi) is 6.69. The number of hydrogen-bond donors (Lipinski definition) is 0. The van der Waals surface area contributed by atoms with E-state index in [0.717, 1.165) is 26.1 Å². The van der Waals surface area contributed by atoms with Crippen molar-refractivity contribution in [1.82, 2.24) is 4.90 Å². The fourth-order valence-electron chi connectivity index (χ4n) is 1.59. The summed E-state index contributed by atoms with van der Waals surface area (Å²) in [6.07, 6.45) is 0.886. The van der Waals surface area contributed by atoms with Crippen molar-refractivity contribution in [3.63, 3.8) is 0 Å². The summed E-state index contributed by atoms with van der Waals surface area (Å²) in [7, 11) is 4.23. The minimum Gasteiger partial charge on any atom is -0.299 e. The number of benzene rings is 1. The Labute approximate surface area is 105 Å². The second kappa shape index (κ2) is 7.82. The molecule has 0 fully saturated rings. The van der Waals surface area contributed by atoms with Crippen LogP contribution in [-0.2, 0) is 16.6 Å². The standard InChI is InChI=1S/C12H18ClNOS/c1-2-14(9-6-10-16(13)15)11-12-7-4-3-5-8-12/h3-5,7-8H,2,6,9-11H2,1H3. The van der Waals surface area contributed by atoms with Gasteiger partial charge in [-0.1, -0.05) is 37.3 Å². The Hall–Kier alpha value is -0.380. The van der Waals surface area contributed by atoms with Crippen LogP contribution in [0.3, 0.4) is 0 Å². The first-order valence-corrected chi connectivity index (χ1v) is 7.67. The number of hydrogen-bond acceptors (Lipinski definition) is 2. The molecule has 16 heavy (non-hydrogen) atoms. The highest BCUT2D eigenvalue weighted by Crippen LogP contribution is 2.05. The maximum Gasteiger partial charge on any atom is 0.114 e. The molecule has 0 spiro atoms. The summed E-state index contributed by atoms with van der Waals surface area (Å²) in [4.78, 5) is 2.33. The molecule has 0 saturated heterocycles. The van der Waals surface area contributed by atoms with E-state index in [0.29, 0.717) is 5.75 Å². The average molecular weight is 260 g/mol. The van der Waals surface area contributed by atoms with Crippen molar-refractivity contribution < 1.29 is 4.21 Å². The van der Waals surface area contributed by atoms with Gasteiger partial charge in [-0.15, -0.1) is 0 Å².